The van der Waals surface area contributed by atoms with Crippen molar-refractivity contribution in [2.75, 3.05) is 26.1 Å². The van der Waals surface area contributed by atoms with Crippen molar-refractivity contribution in [2.24, 2.45) is 0 Å². The molecule has 1 rings (SSSR count). The van der Waals surface area contributed by atoms with Crippen LogP contribution in [-0.2, 0) is 10.1 Å². The van der Waals surface area contributed by atoms with Crippen molar-refractivity contribution in [3.05, 3.63) is 29.8 Å². The SMILES string of the molecule is CCCCCCCCCCCCCCCC[N+](C)(C)CBr.Cc1ccc(S(=O)(=O)[O-])cc1. The average molecular weight is 535 g/mol. The zero-order valence-corrected chi connectivity index (χ0v) is 23.5. The van der Waals surface area contributed by atoms with Crippen molar-refractivity contribution in [2.45, 2.75) is 109 Å². The molecule has 0 saturated carbocycles. The first-order chi connectivity index (χ1) is 15.1. The molecule has 188 valence electrons. The number of alkyl halides is 1. The molecular formula is C26H48BrNO3S. The van der Waals surface area contributed by atoms with Crippen LogP contribution in [0.15, 0.2) is 29.2 Å². The van der Waals surface area contributed by atoms with Crippen LogP contribution >= 0.6 is 15.9 Å². The van der Waals surface area contributed by atoms with Crippen LogP contribution in [0.3, 0.4) is 0 Å². The molecule has 0 aromatic heterocycles. The third-order valence-electron chi connectivity index (χ3n) is 5.75. The lowest BCUT2D eigenvalue weighted by Gasteiger charge is -2.26. The first-order valence-electron chi connectivity index (χ1n) is 12.5. The molecule has 0 aliphatic heterocycles. The van der Waals surface area contributed by atoms with E-state index >= 15 is 0 Å². The van der Waals surface area contributed by atoms with E-state index in [4.69, 9.17) is 0 Å². The van der Waals surface area contributed by atoms with Gasteiger partial charge in [0, 0.05) is 0 Å². The third-order valence-corrected chi connectivity index (χ3v) is 7.96. The maximum absolute atomic E-state index is 10.4. The highest BCUT2D eigenvalue weighted by Crippen LogP contribution is 2.14. The Bertz CT molecular complexity index is 660. The minimum absolute atomic E-state index is 0.178. The van der Waals surface area contributed by atoms with Gasteiger partial charge in [0.25, 0.3) is 0 Å². The largest absolute Gasteiger partial charge is 0.744 e. The topological polar surface area (TPSA) is 57.2 Å². The molecular weight excluding hydrogens is 486 g/mol. The van der Waals surface area contributed by atoms with E-state index in [1.54, 1.807) is 12.1 Å². The molecule has 0 bridgehead atoms. The van der Waals surface area contributed by atoms with Gasteiger partial charge in [-0.3, -0.25) is 0 Å². The van der Waals surface area contributed by atoms with Gasteiger partial charge in [-0.05, 0) is 47.8 Å². The number of hydrogen-bond donors (Lipinski definition) is 0. The fourth-order valence-corrected chi connectivity index (χ4v) is 4.22. The van der Waals surface area contributed by atoms with E-state index in [1.165, 1.54) is 109 Å². The van der Waals surface area contributed by atoms with E-state index in [0.717, 1.165) is 15.5 Å². The molecule has 0 fully saturated rings. The number of rotatable bonds is 17. The van der Waals surface area contributed by atoms with Crippen LogP contribution in [0.5, 0.6) is 0 Å². The van der Waals surface area contributed by atoms with Gasteiger partial charge >= 0.3 is 0 Å². The van der Waals surface area contributed by atoms with Crippen LogP contribution in [0.1, 0.15) is 102 Å². The molecule has 0 atom stereocenters. The molecule has 0 heterocycles. The van der Waals surface area contributed by atoms with E-state index in [2.05, 4.69) is 36.9 Å². The fourth-order valence-electron chi connectivity index (χ4n) is 3.50. The highest BCUT2D eigenvalue weighted by Gasteiger charge is 2.10. The van der Waals surface area contributed by atoms with Crippen LogP contribution in [0, 0.1) is 6.92 Å². The summed E-state index contributed by atoms with van der Waals surface area (Å²) in [6, 6.07) is 5.78. The quantitative estimate of drug-likeness (QED) is 0.0674. The second kappa shape index (κ2) is 18.9. The van der Waals surface area contributed by atoms with Crippen molar-refractivity contribution < 1.29 is 17.5 Å². The molecule has 0 aliphatic carbocycles. The minimum Gasteiger partial charge on any atom is -0.744 e. The second-order valence-corrected chi connectivity index (χ2v) is 11.5. The summed E-state index contributed by atoms with van der Waals surface area (Å²) in [5.41, 5.74) is 2.00. The summed E-state index contributed by atoms with van der Waals surface area (Å²) in [7, 11) is 0.336. The molecule has 1 aromatic rings. The van der Waals surface area contributed by atoms with Crippen LogP contribution in [0.2, 0.25) is 0 Å². The molecule has 0 saturated heterocycles. The van der Waals surface area contributed by atoms with Crippen LogP contribution in [-0.4, -0.2) is 43.5 Å². The Morgan fingerprint density at radius 3 is 1.47 bits per heavy atom. The zero-order chi connectivity index (χ0) is 24.3. The van der Waals surface area contributed by atoms with Crippen LogP contribution in [0.4, 0.5) is 0 Å². The molecule has 6 heteroatoms. The van der Waals surface area contributed by atoms with Gasteiger partial charge in [0.2, 0.25) is 0 Å². The summed E-state index contributed by atoms with van der Waals surface area (Å²) in [6.07, 6.45) is 20.3. The number of nitrogens with zero attached hydrogens (tertiary/aromatic N) is 1. The Labute approximate surface area is 207 Å². The summed E-state index contributed by atoms with van der Waals surface area (Å²) in [4.78, 5) is -0.178. The Kier molecular flexibility index (Phi) is 18.7. The molecule has 0 aliphatic rings. The Balaban J connectivity index is 0.000000726. The molecule has 0 spiro atoms. The molecule has 0 N–H and O–H groups in total. The number of quaternary nitrogens is 1. The van der Waals surface area contributed by atoms with Crippen molar-refractivity contribution >= 4 is 26.0 Å². The maximum Gasteiger partial charge on any atom is 0.133 e. The van der Waals surface area contributed by atoms with E-state index in [1.807, 2.05) is 6.92 Å². The van der Waals surface area contributed by atoms with Crippen molar-refractivity contribution in [3.8, 4) is 0 Å². The number of unbranched alkanes of at least 4 members (excludes halogenated alkanes) is 13. The lowest BCUT2D eigenvalue weighted by Crippen LogP contribution is -2.38. The first kappa shape index (κ1) is 31.6. The summed E-state index contributed by atoms with van der Waals surface area (Å²) in [5.74, 6) is 0. The highest BCUT2D eigenvalue weighted by molar-refractivity contribution is 9.09. The van der Waals surface area contributed by atoms with Crippen molar-refractivity contribution in [1.82, 2.24) is 0 Å². The second-order valence-electron chi connectivity index (χ2n) is 9.64. The fraction of sp³-hybridized carbons (Fsp3) is 0.769. The zero-order valence-electron chi connectivity index (χ0n) is 21.1. The van der Waals surface area contributed by atoms with Crippen molar-refractivity contribution in [1.29, 1.82) is 0 Å². The van der Waals surface area contributed by atoms with Gasteiger partial charge in [-0.2, -0.15) is 0 Å². The number of hydrogen-bond acceptors (Lipinski definition) is 3. The van der Waals surface area contributed by atoms with Gasteiger partial charge in [-0.15, -0.1) is 0 Å². The van der Waals surface area contributed by atoms with Crippen LogP contribution < -0.4 is 0 Å². The lowest BCUT2D eigenvalue weighted by molar-refractivity contribution is -0.876. The summed E-state index contributed by atoms with van der Waals surface area (Å²) in [5, 5.41) is 0. The van der Waals surface area contributed by atoms with Gasteiger partial charge < -0.3 is 9.04 Å². The van der Waals surface area contributed by atoms with E-state index in [0.29, 0.717) is 0 Å². The van der Waals surface area contributed by atoms with Crippen LogP contribution in [0.25, 0.3) is 0 Å². The standard InChI is InChI=1S/C19H41BrN.C7H8O3S/c1-4-5-6-7-8-9-10-11-12-13-14-15-16-17-18-21(2,3)19-20;1-6-2-4-7(5-3-6)11(8,9)10/h4-19H2,1-3H3;2-5H,1H3,(H,8,9,10)/q+1;/p-1. The van der Waals surface area contributed by atoms with E-state index < -0.39 is 10.1 Å². The Morgan fingerprint density at radius 2 is 1.12 bits per heavy atom. The summed E-state index contributed by atoms with van der Waals surface area (Å²) < 4.78 is 32.3. The number of aryl methyl sites for hydroxylation is 1. The van der Waals surface area contributed by atoms with Crippen molar-refractivity contribution in [3.63, 3.8) is 0 Å². The molecule has 4 nitrogen and oxygen atoms in total. The Morgan fingerprint density at radius 1 is 0.750 bits per heavy atom. The minimum atomic E-state index is -4.27. The third kappa shape index (κ3) is 19.1. The van der Waals surface area contributed by atoms with Gasteiger partial charge in [0.15, 0.2) is 0 Å². The number of halogens is 1. The van der Waals surface area contributed by atoms with Gasteiger partial charge in [-0.1, -0.05) is 102 Å². The van der Waals surface area contributed by atoms with E-state index in [-0.39, 0.29) is 4.90 Å². The predicted octanol–water partition coefficient (Wildman–Crippen LogP) is 7.80. The molecule has 0 unspecified atom stereocenters. The predicted molar refractivity (Wildman–Crippen MR) is 140 cm³/mol. The molecule has 1 aromatic carbocycles. The molecule has 0 radical (unpaired) electrons. The van der Waals surface area contributed by atoms with Gasteiger partial charge in [0.1, 0.15) is 15.6 Å². The summed E-state index contributed by atoms with van der Waals surface area (Å²) in [6.45, 7) is 5.42. The molecule has 0 amide bonds. The monoisotopic (exact) mass is 533 g/mol. The summed E-state index contributed by atoms with van der Waals surface area (Å²) >= 11 is 3.58. The average Bonchev–Trinajstić information content (AvgIpc) is 2.74. The number of benzene rings is 1. The van der Waals surface area contributed by atoms with Gasteiger partial charge in [-0.25, -0.2) is 8.42 Å². The first-order valence-corrected chi connectivity index (χ1v) is 15.1. The lowest BCUT2D eigenvalue weighted by atomic mass is 10.0. The normalized spacial score (nSPS) is 11.8. The smallest absolute Gasteiger partial charge is 0.133 e. The highest BCUT2D eigenvalue weighted by atomic mass is 79.9. The van der Waals surface area contributed by atoms with E-state index in [9.17, 15) is 13.0 Å². The van der Waals surface area contributed by atoms with Gasteiger partial charge in [0.05, 0.1) is 25.5 Å². The Hall–Kier alpha value is -0.430. The maximum atomic E-state index is 10.4. The molecule has 32 heavy (non-hydrogen) atoms.